The van der Waals surface area contributed by atoms with Gasteiger partial charge in [-0.2, -0.15) is 0 Å². The molecular formula is C15H23N3O2. The van der Waals surface area contributed by atoms with Gasteiger partial charge in [-0.3, -0.25) is 4.79 Å². The van der Waals surface area contributed by atoms with E-state index in [1.165, 1.54) is 0 Å². The van der Waals surface area contributed by atoms with Crippen molar-refractivity contribution < 1.29 is 9.53 Å². The smallest absolute Gasteiger partial charge is 0.238 e. The first-order valence-electron chi connectivity index (χ1n) is 7.01. The summed E-state index contributed by atoms with van der Waals surface area (Å²) in [6, 6.07) is 7.77. The highest BCUT2D eigenvalue weighted by Crippen LogP contribution is 2.12. The van der Waals surface area contributed by atoms with E-state index in [1.807, 2.05) is 31.2 Å². The maximum atomic E-state index is 11.8. The van der Waals surface area contributed by atoms with E-state index in [1.54, 1.807) is 0 Å². The third-order valence-corrected chi connectivity index (χ3v) is 3.42. The molecule has 0 spiro atoms. The molecule has 1 aromatic carbocycles. The highest BCUT2D eigenvalue weighted by atomic mass is 16.5. The summed E-state index contributed by atoms with van der Waals surface area (Å²) in [6.45, 7) is 5.63. The average molecular weight is 277 g/mol. The molecule has 1 aliphatic rings. The van der Waals surface area contributed by atoms with Crippen LogP contribution in [-0.4, -0.2) is 56.7 Å². The number of hydrogen-bond donors (Lipinski definition) is 2. The molecule has 0 aromatic heterocycles. The fraction of sp³-hybridized carbons (Fsp3) is 0.533. The molecule has 1 aliphatic heterocycles. The van der Waals surface area contributed by atoms with Gasteiger partial charge in [0.1, 0.15) is 0 Å². The Morgan fingerprint density at radius 3 is 3.00 bits per heavy atom. The Labute approximate surface area is 120 Å². The number of aryl methyl sites for hydroxylation is 1. The zero-order chi connectivity index (χ0) is 14.4. The van der Waals surface area contributed by atoms with Crippen molar-refractivity contribution in [3.63, 3.8) is 0 Å². The summed E-state index contributed by atoms with van der Waals surface area (Å²) in [5, 5.41) is 6.06. The fourth-order valence-electron chi connectivity index (χ4n) is 2.24. The van der Waals surface area contributed by atoms with E-state index in [9.17, 15) is 4.79 Å². The SMILES string of the molecule is Cc1ccccc1NC(=O)CNCC1CN(C)CCO1. The molecular weight excluding hydrogens is 254 g/mol. The standard InChI is InChI=1S/C15H23N3O2/c1-12-5-3-4-6-14(12)17-15(19)10-16-9-13-11-18(2)7-8-20-13/h3-6,13,16H,7-11H2,1-2H3,(H,17,19). The summed E-state index contributed by atoms with van der Waals surface area (Å²) in [5.74, 6) is -0.0246. The number of anilines is 1. The Morgan fingerprint density at radius 2 is 2.25 bits per heavy atom. The molecule has 1 unspecified atom stereocenters. The van der Waals surface area contributed by atoms with Gasteiger partial charge < -0.3 is 20.3 Å². The molecule has 0 bridgehead atoms. The van der Waals surface area contributed by atoms with Crippen LogP contribution in [0.5, 0.6) is 0 Å². The fourth-order valence-corrected chi connectivity index (χ4v) is 2.24. The number of nitrogens with zero attached hydrogens (tertiary/aromatic N) is 1. The number of rotatable bonds is 5. The van der Waals surface area contributed by atoms with Gasteiger partial charge in [0, 0.05) is 25.3 Å². The van der Waals surface area contributed by atoms with Crippen LogP contribution in [-0.2, 0) is 9.53 Å². The van der Waals surface area contributed by atoms with E-state index in [-0.39, 0.29) is 12.0 Å². The predicted octanol–water partition coefficient (Wildman–Crippen LogP) is 0.854. The van der Waals surface area contributed by atoms with Gasteiger partial charge in [-0.1, -0.05) is 18.2 Å². The molecule has 1 atom stereocenters. The normalized spacial score (nSPS) is 19.8. The van der Waals surface area contributed by atoms with Gasteiger partial charge >= 0.3 is 0 Å². The van der Waals surface area contributed by atoms with Crippen molar-refractivity contribution in [3.05, 3.63) is 29.8 Å². The van der Waals surface area contributed by atoms with E-state index in [0.29, 0.717) is 13.1 Å². The highest BCUT2D eigenvalue weighted by molar-refractivity contribution is 5.92. The Kier molecular flexibility index (Phi) is 5.52. The molecule has 1 aromatic rings. The number of hydrogen-bond acceptors (Lipinski definition) is 4. The van der Waals surface area contributed by atoms with Crippen molar-refractivity contribution in [2.45, 2.75) is 13.0 Å². The molecule has 0 saturated carbocycles. The molecule has 5 nitrogen and oxygen atoms in total. The van der Waals surface area contributed by atoms with Crippen LogP contribution >= 0.6 is 0 Å². The van der Waals surface area contributed by atoms with Gasteiger partial charge in [0.15, 0.2) is 0 Å². The zero-order valence-corrected chi connectivity index (χ0v) is 12.2. The molecule has 1 fully saturated rings. The number of nitrogens with one attached hydrogen (secondary N) is 2. The summed E-state index contributed by atoms with van der Waals surface area (Å²) in [7, 11) is 2.08. The molecule has 1 heterocycles. The summed E-state index contributed by atoms with van der Waals surface area (Å²) in [5.41, 5.74) is 1.94. The molecule has 1 saturated heterocycles. The second kappa shape index (κ2) is 7.38. The third kappa shape index (κ3) is 4.59. The van der Waals surface area contributed by atoms with Crippen molar-refractivity contribution >= 4 is 11.6 Å². The van der Waals surface area contributed by atoms with Gasteiger partial charge in [0.2, 0.25) is 5.91 Å². The van der Waals surface area contributed by atoms with Crippen LogP contribution in [0.3, 0.4) is 0 Å². The Morgan fingerprint density at radius 1 is 1.45 bits per heavy atom. The average Bonchev–Trinajstić information content (AvgIpc) is 2.41. The van der Waals surface area contributed by atoms with E-state index in [0.717, 1.165) is 30.9 Å². The first kappa shape index (κ1) is 15.0. The summed E-state index contributed by atoms with van der Waals surface area (Å²) in [6.07, 6.45) is 0.167. The Balaban J connectivity index is 1.69. The lowest BCUT2D eigenvalue weighted by atomic mass is 10.2. The first-order valence-corrected chi connectivity index (χ1v) is 7.01. The van der Waals surface area contributed by atoms with Crippen molar-refractivity contribution in [2.75, 3.05) is 45.2 Å². The topological polar surface area (TPSA) is 53.6 Å². The minimum Gasteiger partial charge on any atom is -0.374 e. The maximum absolute atomic E-state index is 11.8. The number of para-hydroxylation sites is 1. The number of carbonyl (C=O) groups excluding carboxylic acids is 1. The van der Waals surface area contributed by atoms with Crippen LogP contribution in [0, 0.1) is 6.92 Å². The number of ether oxygens (including phenoxy) is 1. The van der Waals surface area contributed by atoms with Crippen LogP contribution in [0.2, 0.25) is 0 Å². The van der Waals surface area contributed by atoms with Crippen molar-refractivity contribution in [3.8, 4) is 0 Å². The number of morpholine rings is 1. The van der Waals surface area contributed by atoms with Crippen molar-refractivity contribution in [1.82, 2.24) is 10.2 Å². The van der Waals surface area contributed by atoms with Gasteiger partial charge in [0.25, 0.3) is 0 Å². The summed E-state index contributed by atoms with van der Waals surface area (Å²) >= 11 is 0. The monoisotopic (exact) mass is 277 g/mol. The van der Waals surface area contributed by atoms with Crippen molar-refractivity contribution in [1.29, 1.82) is 0 Å². The quantitative estimate of drug-likeness (QED) is 0.838. The van der Waals surface area contributed by atoms with Crippen LogP contribution in [0.4, 0.5) is 5.69 Å². The van der Waals surface area contributed by atoms with Gasteiger partial charge in [-0.05, 0) is 25.6 Å². The second-order valence-electron chi connectivity index (χ2n) is 5.25. The molecule has 110 valence electrons. The molecule has 2 N–H and O–H groups in total. The molecule has 0 aliphatic carbocycles. The minimum atomic E-state index is -0.0246. The van der Waals surface area contributed by atoms with E-state index in [4.69, 9.17) is 4.74 Å². The number of carbonyl (C=O) groups is 1. The number of benzene rings is 1. The minimum absolute atomic E-state index is 0.0246. The summed E-state index contributed by atoms with van der Waals surface area (Å²) in [4.78, 5) is 14.1. The Hall–Kier alpha value is -1.43. The third-order valence-electron chi connectivity index (χ3n) is 3.42. The van der Waals surface area contributed by atoms with Crippen LogP contribution in [0.25, 0.3) is 0 Å². The van der Waals surface area contributed by atoms with E-state index in [2.05, 4.69) is 22.6 Å². The van der Waals surface area contributed by atoms with Gasteiger partial charge in [-0.15, -0.1) is 0 Å². The molecule has 0 radical (unpaired) electrons. The van der Waals surface area contributed by atoms with Crippen molar-refractivity contribution in [2.24, 2.45) is 0 Å². The van der Waals surface area contributed by atoms with E-state index >= 15 is 0 Å². The number of likely N-dealkylation sites (N-methyl/N-ethyl adjacent to an activating group) is 1. The lowest BCUT2D eigenvalue weighted by Gasteiger charge is -2.30. The summed E-state index contributed by atoms with van der Waals surface area (Å²) < 4.78 is 5.63. The van der Waals surface area contributed by atoms with Crippen LogP contribution in [0.1, 0.15) is 5.56 Å². The van der Waals surface area contributed by atoms with Crippen LogP contribution < -0.4 is 10.6 Å². The molecule has 1 amide bonds. The second-order valence-corrected chi connectivity index (χ2v) is 5.25. The highest BCUT2D eigenvalue weighted by Gasteiger charge is 2.17. The molecule has 20 heavy (non-hydrogen) atoms. The van der Waals surface area contributed by atoms with Gasteiger partial charge in [0.05, 0.1) is 19.3 Å². The maximum Gasteiger partial charge on any atom is 0.238 e. The van der Waals surface area contributed by atoms with Gasteiger partial charge in [-0.25, -0.2) is 0 Å². The lowest BCUT2D eigenvalue weighted by molar-refractivity contribution is -0.115. The van der Waals surface area contributed by atoms with Crippen LogP contribution in [0.15, 0.2) is 24.3 Å². The molecule has 2 rings (SSSR count). The number of amides is 1. The predicted molar refractivity (Wildman–Crippen MR) is 79.9 cm³/mol. The van der Waals surface area contributed by atoms with E-state index < -0.39 is 0 Å². The first-order chi connectivity index (χ1) is 9.65. The Bertz CT molecular complexity index is 450. The largest absolute Gasteiger partial charge is 0.374 e. The zero-order valence-electron chi connectivity index (χ0n) is 12.2. The molecule has 5 heteroatoms. The lowest BCUT2D eigenvalue weighted by Crippen LogP contribution is -2.45.